The SMILES string of the molecule is Cc1cc(I)cc(C)c1NC(=O)CSc1nnc([C@@H](C)NC(=O)c2ccc(Cl)cc2)n1C. The molecule has 1 aromatic heterocycles. The number of aromatic nitrogens is 3. The average Bonchev–Trinajstić information content (AvgIpc) is 3.10. The highest BCUT2D eigenvalue weighted by Gasteiger charge is 2.19. The standard InChI is InChI=1S/C22H23ClIN5O2S/c1-12-9-17(24)10-13(2)19(12)26-18(30)11-32-22-28-27-20(29(22)4)14(3)25-21(31)15-5-7-16(23)8-6-15/h5-10,14H,11H2,1-4H3,(H,25,31)(H,26,30)/t14-/m1/s1. The summed E-state index contributed by atoms with van der Waals surface area (Å²) in [4.78, 5) is 24.9. The molecule has 0 saturated carbocycles. The lowest BCUT2D eigenvalue weighted by atomic mass is 10.1. The Morgan fingerprint density at radius 3 is 2.41 bits per heavy atom. The fourth-order valence-electron chi connectivity index (χ4n) is 3.19. The highest BCUT2D eigenvalue weighted by atomic mass is 127. The number of thioether (sulfide) groups is 1. The summed E-state index contributed by atoms with van der Waals surface area (Å²) in [6.07, 6.45) is 0. The summed E-state index contributed by atoms with van der Waals surface area (Å²) >= 11 is 9.43. The first-order valence-corrected chi connectivity index (χ1v) is 12.2. The van der Waals surface area contributed by atoms with Gasteiger partial charge in [0.2, 0.25) is 5.91 Å². The van der Waals surface area contributed by atoms with E-state index < -0.39 is 0 Å². The maximum Gasteiger partial charge on any atom is 0.251 e. The lowest BCUT2D eigenvalue weighted by Crippen LogP contribution is -2.28. The minimum absolute atomic E-state index is 0.115. The molecule has 32 heavy (non-hydrogen) atoms. The third-order valence-corrected chi connectivity index (χ3v) is 6.70. The number of hydrogen-bond acceptors (Lipinski definition) is 5. The molecule has 2 amide bonds. The van der Waals surface area contributed by atoms with E-state index in [4.69, 9.17) is 11.6 Å². The zero-order valence-electron chi connectivity index (χ0n) is 18.1. The quantitative estimate of drug-likeness (QED) is 0.305. The number of aryl methyl sites for hydroxylation is 2. The van der Waals surface area contributed by atoms with Crippen LogP contribution in [0.2, 0.25) is 5.02 Å². The van der Waals surface area contributed by atoms with Gasteiger partial charge in [-0.3, -0.25) is 9.59 Å². The van der Waals surface area contributed by atoms with Gasteiger partial charge in [0, 0.05) is 26.9 Å². The molecule has 0 aliphatic heterocycles. The second kappa shape index (κ2) is 10.7. The number of nitrogens with one attached hydrogen (secondary N) is 2. The zero-order chi connectivity index (χ0) is 23.4. The molecule has 3 rings (SSSR count). The van der Waals surface area contributed by atoms with Gasteiger partial charge in [0.15, 0.2) is 11.0 Å². The molecule has 0 aliphatic carbocycles. The molecule has 3 aromatic rings. The molecule has 0 saturated heterocycles. The Morgan fingerprint density at radius 2 is 1.78 bits per heavy atom. The Balaban J connectivity index is 1.60. The molecular formula is C22H23ClIN5O2S. The predicted molar refractivity (Wildman–Crippen MR) is 136 cm³/mol. The van der Waals surface area contributed by atoms with Gasteiger partial charge < -0.3 is 15.2 Å². The largest absolute Gasteiger partial charge is 0.342 e. The molecule has 2 N–H and O–H groups in total. The van der Waals surface area contributed by atoms with Gasteiger partial charge in [-0.05, 0) is 90.9 Å². The Labute approximate surface area is 209 Å². The van der Waals surface area contributed by atoms with Gasteiger partial charge in [-0.25, -0.2) is 0 Å². The van der Waals surface area contributed by atoms with Crippen LogP contribution < -0.4 is 10.6 Å². The first kappa shape index (κ1) is 24.5. The summed E-state index contributed by atoms with van der Waals surface area (Å²) in [6, 6.07) is 10.4. The van der Waals surface area contributed by atoms with Crippen molar-refractivity contribution < 1.29 is 9.59 Å². The summed E-state index contributed by atoms with van der Waals surface area (Å²) in [5.74, 6) is 0.451. The Morgan fingerprint density at radius 1 is 1.16 bits per heavy atom. The molecule has 168 valence electrons. The van der Waals surface area contributed by atoms with E-state index in [2.05, 4.69) is 43.4 Å². The second-order valence-corrected chi connectivity index (χ2v) is 9.98. The van der Waals surface area contributed by atoms with Crippen molar-refractivity contribution >= 4 is 63.5 Å². The number of anilines is 1. The summed E-state index contributed by atoms with van der Waals surface area (Å²) in [5.41, 5.74) is 3.40. The number of hydrogen-bond donors (Lipinski definition) is 2. The first-order chi connectivity index (χ1) is 15.2. The maximum atomic E-state index is 12.5. The normalized spacial score (nSPS) is 11.8. The summed E-state index contributed by atoms with van der Waals surface area (Å²) in [5, 5.41) is 15.4. The molecule has 0 radical (unpaired) electrons. The van der Waals surface area contributed by atoms with Crippen LogP contribution in [0.15, 0.2) is 41.6 Å². The van der Waals surface area contributed by atoms with Crippen LogP contribution in [0.5, 0.6) is 0 Å². The Kier molecular flexibility index (Phi) is 8.18. The molecule has 7 nitrogen and oxygen atoms in total. The van der Waals surface area contributed by atoms with E-state index >= 15 is 0 Å². The van der Waals surface area contributed by atoms with Crippen LogP contribution in [0.25, 0.3) is 0 Å². The minimum atomic E-state index is -0.365. The fraction of sp³-hybridized carbons (Fsp3) is 0.273. The molecule has 0 bridgehead atoms. The Hall–Kier alpha value is -2.11. The number of amides is 2. The van der Waals surface area contributed by atoms with Gasteiger partial charge in [0.25, 0.3) is 5.91 Å². The average molecular weight is 584 g/mol. The Bertz CT molecular complexity index is 1130. The highest BCUT2D eigenvalue weighted by molar-refractivity contribution is 14.1. The monoisotopic (exact) mass is 583 g/mol. The molecule has 10 heteroatoms. The van der Waals surface area contributed by atoms with Crippen molar-refractivity contribution in [3.8, 4) is 0 Å². The van der Waals surface area contributed by atoms with Gasteiger partial charge in [-0.15, -0.1) is 10.2 Å². The van der Waals surface area contributed by atoms with Crippen molar-refractivity contribution in [2.75, 3.05) is 11.1 Å². The maximum absolute atomic E-state index is 12.5. The number of carbonyl (C=O) groups excluding carboxylic acids is 2. The van der Waals surface area contributed by atoms with Crippen LogP contribution in [-0.4, -0.2) is 32.3 Å². The fourth-order valence-corrected chi connectivity index (χ4v) is 4.97. The van der Waals surface area contributed by atoms with Crippen molar-refractivity contribution in [2.45, 2.75) is 32.0 Å². The molecule has 0 spiro atoms. The number of carbonyl (C=O) groups is 2. The second-order valence-electron chi connectivity index (χ2n) is 7.35. The van der Waals surface area contributed by atoms with Gasteiger partial charge >= 0.3 is 0 Å². The van der Waals surface area contributed by atoms with Gasteiger partial charge in [-0.2, -0.15) is 0 Å². The van der Waals surface area contributed by atoms with Crippen LogP contribution >= 0.6 is 46.0 Å². The molecule has 0 fully saturated rings. The van der Waals surface area contributed by atoms with Gasteiger partial charge in [0.05, 0.1) is 11.8 Å². The van der Waals surface area contributed by atoms with Crippen molar-refractivity contribution in [1.29, 1.82) is 0 Å². The van der Waals surface area contributed by atoms with Gasteiger partial charge in [-0.1, -0.05) is 23.4 Å². The lowest BCUT2D eigenvalue weighted by Gasteiger charge is -2.14. The van der Waals surface area contributed by atoms with Crippen molar-refractivity contribution in [1.82, 2.24) is 20.1 Å². The van der Waals surface area contributed by atoms with E-state index in [1.54, 1.807) is 28.8 Å². The van der Waals surface area contributed by atoms with Crippen LogP contribution in [-0.2, 0) is 11.8 Å². The summed E-state index contributed by atoms with van der Waals surface area (Å²) < 4.78 is 2.92. The minimum Gasteiger partial charge on any atom is -0.342 e. The highest BCUT2D eigenvalue weighted by Crippen LogP contribution is 2.24. The van der Waals surface area contributed by atoms with E-state index in [0.29, 0.717) is 21.6 Å². The van der Waals surface area contributed by atoms with E-state index in [0.717, 1.165) is 20.4 Å². The number of benzene rings is 2. The van der Waals surface area contributed by atoms with Crippen molar-refractivity contribution in [2.24, 2.45) is 7.05 Å². The topological polar surface area (TPSA) is 88.9 Å². The van der Waals surface area contributed by atoms with Crippen molar-refractivity contribution in [3.63, 3.8) is 0 Å². The smallest absolute Gasteiger partial charge is 0.251 e. The number of halogens is 2. The van der Waals surface area contributed by atoms with E-state index in [-0.39, 0.29) is 23.6 Å². The first-order valence-electron chi connectivity index (χ1n) is 9.80. The van der Waals surface area contributed by atoms with Gasteiger partial charge in [0.1, 0.15) is 0 Å². The summed E-state index contributed by atoms with van der Waals surface area (Å²) in [7, 11) is 1.81. The van der Waals surface area contributed by atoms with Crippen LogP contribution in [0.1, 0.15) is 40.3 Å². The summed E-state index contributed by atoms with van der Waals surface area (Å²) in [6.45, 7) is 5.79. The molecule has 1 heterocycles. The van der Waals surface area contributed by atoms with E-state index in [1.807, 2.05) is 40.0 Å². The predicted octanol–water partition coefficient (Wildman–Crippen LogP) is 4.91. The molecule has 1 atom stereocenters. The molecule has 0 unspecified atom stereocenters. The number of nitrogens with zero attached hydrogens (tertiary/aromatic N) is 3. The van der Waals surface area contributed by atoms with Crippen molar-refractivity contribution in [3.05, 3.63) is 67.5 Å². The van der Waals surface area contributed by atoms with Crippen LogP contribution in [0.4, 0.5) is 5.69 Å². The lowest BCUT2D eigenvalue weighted by molar-refractivity contribution is -0.113. The van der Waals surface area contributed by atoms with Crippen LogP contribution in [0.3, 0.4) is 0 Å². The number of rotatable bonds is 7. The third-order valence-electron chi connectivity index (χ3n) is 4.80. The molecule has 0 aliphatic rings. The third kappa shape index (κ3) is 6.02. The van der Waals surface area contributed by atoms with E-state index in [9.17, 15) is 9.59 Å². The molecule has 2 aromatic carbocycles. The molecular weight excluding hydrogens is 561 g/mol. The van der Waals surface area contributed by atoms with Crippen LogP contribution in [0, 0.1) is 17.4 Å². The van der Waals surface area contributed by atoms with E-state index in [1.165, 1.54) is 11.8 Å². The zero-order valence-corrected chi connectivity index (χ0v) is 21.8.